The van der Waals surface area contributed by atoms with Gasteiger partial charge in [0.1, 0.15) is 11.9 Å². The normalized spacial score (nSPS) is 14.2. The summed E-state index contributed by atoms with van der Waals surface area (Å²) in [6.07, 6.45) is 2.92. The van der Waals surface area contributed by atoms with Gasteiger partial charge >= 0.3 is 0 Å². The first kappa shape index (κ1) is 24.2. The number of fused-ring (bicyclic) bond motifs is 2. The number of benzene rings is 1. The number of aromatic nitrogens is 4. The lowest BCUT2D eigenvalue weighted by molar-refractivity contribution is -0.124. The molecule has 1 amide bonds. The van der Waals surface area contributed by atoms with E-state index in [4.69, 9.17) is 4.98 Å². The van der Waals surface area contributed by atoms with Crippen LogP contribution in [0, 0.1) is 0 Å². The molecule has 7 nitrogen and oxygen atoms in total. The van der Waals surface area contributed by atoms with E-state index in [0.717, 1.165) is 61.4 Å². The Hall–Kier alpha value is -2.09. The Morgan fingerprint density at radius 2 is 2.10 bits per heavy atom. The average Bonchev–Trinajstić information content (AvgIpc) is 3.19. The molecule has 3 aromatic rings. The maximum atomic E-state index is 12.9. The number of hydrogen-bond acceptors (Lipinski definition) is 4. The van der Waals surface area contributed by atoms with Crippen molar-refractivity contribution in [3.8, 4) is 0 Å². The highest BCUT2D eigenvalue weighted by atomic mass is 35.5. The predicted octanol–water partition coefficient (Wildman–Crippen LogP) is 3.40. The van der Waals surface area contributed by atoms with E-state index in [-0.39, 0.29) is 36.8 Å². The van der Waals surface area contributed by atoms with E-state index in [0.29, 0.717) is 6.54 Å². The minimum absolute atomic E-state index is 0. The van der Waals surface area contributed by atoms with E-state index < -0.39 is 0 Å². The van der Waals surface area contributed by atoms with Crippen LogP contribution in [0.25, 0.3) is 11.0 Å². The lowest BCUT2D eigenvalue weighted by Gasteiger charge is -2.17. The summed E-state index contributed by atoms with van der Waals surface area (Å²) in [4.78, 5) is 17.6. The van der Waals surface area contributed by atoms with Gasteiger partial charge in [-0.25, -0.2) is 4.98 Å². The highest BCUT2D eigenvalue weighted by Gasteiger charge is 2.21. The van der Waals surface area contributed by atoms with Crippen LogP contribution in [-0.4, -0.2) is 31.8 Å². The van der Waals surface area contributed by atoms with Gasteiger partial charge in [0.25, 0.3) is 0 Å². The van der Waals surface area contributed by atoms with E-state index in [1.54, 1.807) is 0 Å². The van der Waals surface area contributed by atoms with Crippen LogP contribution in [0.1, 0.15) is 49.9 Å². The molecule has 0 saturated carbocycles. The second-order valence-electron chi connectivity index (χ2n) is 7.41. The number of aryl methyl sites for hydroxylation is 2. The third-order valence-electron chi connectivity index (χ3n) is 5.30. The van der Waals surface area contributed by atoms with E-state index in [1.807, 2.05) is 35.9 Å². The van der Waals surface area contributed by atoms with Crippen LogP contribution in [0.5, 0.6) is 0 Å². The molecule has 0 radical (unpaired) electrons. The van der Waals surface area contributed by atoms with Crippen LogP contribution in [0.2, 0.25) is 0 Å². The number of imidazole rings is 1. The summed E-state index contributed by atoms with van der Waals surface area (Å²) in [6, 6.07) is 9.77. The van der Waals surface area contributed by atoms with Crippen molar-refractivity contribution in [3.63, 3.8) is 0 Å². The molecular formula is C21H30Cl2N6O. The van der Waals surface area contributed by atoms with E-state index in [9.17, 15) is 4.79 Å². The summed E-state index contributed by atoms with van der Waals surface area (Å²) < 4.78 is 4.12. The maximum Gasteiger partial charge on any atom is 0.243 e. The highest BCUT2D eigenvalue weighted by molar-refractivity contribution is 5.86. The monoisotopic (exact) mass is 452 g/mol. The molecule has 2 N–H and O–H groups in total. The van der Waals surface area contributed by atoms with E-state index in [1.165, 1.54) is 5.69 Å². The molecule has 9 heteroatoms. The van der Waals surface area contributed by atoms with Gasteiger partial charge in [-0.3, -0.25) is 9.48 Å². The fourth-order valence-electron chi connectivity index (χ4n) is 3.88. The second kappa shape index (κ2) is 10.8. The van der Waals surface area contributed by atoms with Crippen molar-refractivity contribution in [1.29, 1.82) is 0 Å². The van der Waals surface area contributed by atoms with Gasteiger partial charge in [0.15, 0.2) is 0 Å². The molecule has 1 aliphatic rings. The standard InChI is InChI=1S/C21H28N6O.2ClH/c1-3-7-20-24-18-8-4-5-9-19(18)27(20)15(2)21(28)23-13-16-12-17-14-22-10-6-11-26(17)25-16;;/h4-5,8-9,12,15,22H,3,6-7,10-11,13-14H2,1-2H3,(H,23,28);2*1H. The summed E-state index contributed by atoms with van der Waals surface area (Å²) >= 11 is 0. The number of para-hydroxylation sites is 2. The van der Waals surface area contributed by atoms with Crippen LogP contribution in [0.15, 0.2) is 30.3 Å². The third-order valence-corrected chi connectivity index (χ3v) is 5.30. The fourth-order valence-corrected chi connectivity index (χ4v) is 3.88. The molecule has 164 valence electrons. The van der Waals surface area contributed by atoms with Crippen molar-refractivity contribution in [1.82, 2.24) is 30.0 Å². The van der Waals surface area contributed by atoms with Crippen molar-refractivity contribution in [3.05, 3.63) is 47.5 Å². The zero-order valence-corrected chi connectivity index (χ0v) is 19.1. The Morgan fingerprint density at radius 1 is 1.30 bits per heavy atom. The largest absolute Gasteiger partial charge is 0.349 e. The van der Waals surface area contributed by atoms with E-state index in [2.05, 4.69) is 33.3 Å². The summed E-state index contributed by atoms with van der Waals surface area (Å²) in [6.45, 7) is 7.29. The van der Waals surface area contributed by atoms with Gasteiger partial charge in [-0.1, -0.05) is 19.1 Å². The number of rotatable bonds is 6. The molecular weight excluding hydrogens is 423 g/mol. The highest BCUT2D eigenvalue weighted by Crippen LogP contribution is 2.22. The summed E-state index contributed by atoms with van der Waals surface area (Å²) in [5.41, 5.74) is 4.04. The van der Waals surface area contributed by atoms with Crippen LogP contribution >= 0.6 is 24.8 Å². The van der Waals surface area contributed by atoms with Crippen LogP contribution in [-0.2, 0) is 30.8 Å². The van der Waals surface area contributed by atoms with Crippen molar-refractivity contribution in [2.45, 2.75) is 58.8 Å². The van der Waals surface area contributed by atoms with Crippen molar-refractivity contribution < 1.29 is 4.79 Å². The topological polar surface area (TPSA) is 76.8 Å². The van der Waals surface area contributed by atoms with Crippen LogP contribution in [0.3, 0.4) is 0 Å². The molecule has 0 bridgehead atoms. The number of hydrogen-bond donors (Lipinski definition) is 2. The van der Waals surface area contributed by atoms with Gasteiger partial charge in [0.2, 0.25) is 5.91 Å². The Bertz CT molecular complexity index is 960. The lowest BCUT2D eigenvalue weighted by Crippen LogP contribution is -2.31. The number of nitrogens with one attached hydrogen (secondary N) is 2. The molecule has 0 fully saturated rings. The van der Waals surface area contributed by atoms with Crippen molar-refractivity contribution in [2.24, 2.45) is 0 Å². The molecule has 1 unspecified atom stereocenters. The molecule has 4 rings (SSSR count). The Morgan fingerprint density at radius 3 is 2.90 bits per heavy atom. The minimum atomic E-state index is -0.323. The van der Waals surface area contributed by atoms with Crippen molar-refractivity contribution >= 4 is 41.8 Å². The third kappa shape index (κ3) is 4.96. The summed E-state index contributed by atoms with van der Waals surface area (Å²) in [5, 5.41) is 11.1. The fraction of sp³-hybridized carbons (Fsp3) is 0.476. The van der Waals surface area contributed by atoms with Gasteiger partial charge in [-0.2, -0.15) is 5.10 Å². The predicted molar refractivity (Wildman–Crippen MR) is 123 cm³/mol. The molecule has 1 atom stereocenters. The zero-order valence-electron chi connectivity index (χ0n) is 17.4. The lowest BCUT2D eigenvalue weighted by atomic mass is 10.2. The number of nitrogens with zero attached hydrogens (tertiary/aromatic N) is 4. The van der Waals surface area contributed by atoms with Crippen molar-refractivity contribution in [2.75, 3.05) is 6.54 Å². The van der Waals surface area contributed by atoms with Crippen LogP contribution < -0.4 is 10.6 Å². The number of amides is 1. The maximum absolute atomic E-state index is 12.9. The number of carbonyl (C=O) groups excluding carboxylic acids is 1. The van der Waals surface area contributed by atoms with Gasteiger partial charge in [-0.05, 0) is 44.5 Å². The Kier molecular flexibility index (Phi) is 8.70. The number of halogens is 2. The summed E-state index contributed by atoms with van der Waals surface area (Å²) in [5.74, 6) is 0.952. The van der Waals surface area contributed by atoms with Gasteiger partial charge in [0.05, 0.1) is 29.0 Å². The molecule has 0 spiro atoms. The molecule has 30 heavy (non-hydrogen) atoms. The second-order valence-corrected chi connectivity index (χ2v) is 7.41. The molecule has 2 aromatic heterocycles. The molecule has 1 aromatic carbocycles. The first-order valence-electron chi connectivity index (χ1n) is 10.2. The minimum Gasteiger partial charge on any atom is -0.349 e. The quantitative estimate of drug-likeness (QED) is 0.600. The first-order chi connectivity index (χ1) is 13.7. The van der Waals surface area contributed by atoms with E-state index >= 15 is 0 Å². The summed E-state index contributed by atoms with van der Waals surface area (Å²) in [7, 11) is 0. The number of carbonyl (C=O) groups is 1. The molecule has 0 saturated heterocycles. The van der Waals surface area contributed by atoms with Gasteiger partial charge in [-0.15, -0.1) is 24.8 Å². The zero-order chi connectivity index (χ0) is 19.5. The molecule has 0 aliphatic carbocycles. The SMILES string of the molecule is CCCc1nc2ccccc2n1C(C)C(=O)NCc1cc2n(n1)CCCNC2.Cl.Cl. The van der Waals surface area contributed by atoms with Crippen LogP contribution in [0.4, 0.5) is 0 Å². The molecule has 1 aliphatic heterocycles. The Balaban J connectivity index is 0.00000160. The van der Waals surface area contributed by atoms with Gasteiger partial charge < -0.3 is 15.2 Å². The first-order valence-corrected chi connectivity index (χ1v) is 10.2. The smallest absolute Gasteiger partial charge is 0.243 e. The average molecular weight is 453 g/mol. The molecule has 3 heterocycles. The van der Waals surface area contributed by atoms with Gasteiger partial charge in [0, 0.05) is 19.5 Å². The Labute approximate surface area is 189 Å².